The van der Waals surface area contributed by atoms with E-state index in [4.69, 9.17) is 0 Å². The van der Waals surface area contributed by atoms with E-state index in [1.165, 1.54) is 77.4 Å². The monoisotopic (exact) mass is 235 g/mol. The van der Waals surface area contributed by atoms with E-state index in [1.54, 1.807) is 0 Å². The van der Waals surface area contributed by atoms with E-state index >= 15 is 0 Å². The highest BCUT2D eigenvalue weighted by Gasteiger charge is 2.43. The molecular weight excluding hydrogens is 206 g/mol. The van der Waals surface area contributed by atoms with Gasteiger partial charge in [-0.25, -0.2) is 0 Å². The number of hydrogen-bond acceptors (Lipinski definition) is 1. The molecule has 0 amide bonds. The predicted octanol–water partition coefficient (Wildman–Crippen LogP) is 4.08. The Morgan fingerprint density at radius 1 is 1.00 bits per heavy atom. The van der Waals surface area contributed by atoms with Crippen LogP contribution in [0.25, 0.3) is 0 Å². The van der Waals surface area contributed by atoms with E-state index in [-0.39, 0.29) is 0 Å². The lowest BCUT2D eigenvalue weighted by Gasteiger charge is -2.52. The van der Waals surface area contributed by atoms with Gasteiger partial charge in [-0.1, -0.05) is 26.2 Å². The Balaban J connectivity index is 1.42. The second kappa shape index (κ2) is 4.91. The molecule has 3 fully saturated rings. The third-order valence-corrected chi connectivity index (χ3v) is 5.72. The van der Waals surface area contributed by atoms with Crippen LogP contribution < -0.4 is 0 Å². The second-order valence-corrected chi connectivity index (χ2v) is 7.32. The Bertz CT molecular complexity index is 238. The fourth-order valence-corrected chi connectivity index (χ4v) is 4.77. The first-order valence-corrected chi connectivity index (χ1v) is 7.98. The molecule has 0 aromatic rings. The van der Waals surface area contributed by atoms with Crippen LogP contribution in [-0.2, 0) is 0 Å². The summed E-state index contributed by atoms with van der Waals surface area (Å²) < 4.78 is 0. The molecule has 1 heteroatoms. The molecule has 0 bridgehead atoms. The summed E-state index contributed by atoms with van der Waals surface area (Å²) in [5.41, 5.74) is 0.808. The third kappa shape index (κ3) is 2.70. The van der Waals surface area contributed by atoms with Crippen LogP contribution in [0.4, 0.5) is 0 Å². The van der Waals surface area contributed by atoms with Gasteiger partial charge in [-0.3, -0.25) is 0 Å². The minimum Gasteiger partial charge on any atom is -0.303 e. The smallest absolute Gasteiger partial charge is 0.000966 e. The maximum atomic E-state index is 2.78. The first-order valence-electron chi connectivity index (χ1n) is 7.98. The molecule has 0 aromatic heterocycles. The Morgan fingerprint density at radius 3 is 2.24 bits per heavy atom. The van der Waals surface area contributed by atoms with Gasteiger partial charge in [0.25, 0.3) is 0 Å². The van der Waals surface area contributed by atoms with Crippen molar-refractivity contribution >= 4 is 0 Å². The SMILES string of the molecule is CC1CC2(CCN(CC3CCCCC3)CC2)C1. The molecule has 1 spiro atoms. The van der Waals surface area contributed by atoms with Crippen molar-refractivity contribution in [2.24, 2.45) is 17.3 Å². The fraction of sp³-hybridized carbons (Fsp3) is 1.00. The van der Waals surface area contributed by atoms with Crippen LogP contribution in [0.1, 0.15) is 64.7 Å². The summed E-state index contributed by atoms with van der Waals surface area (Å²) in [6, 6.07) is 0. The highest BCUT2D eigenvalue weighted by Crippen LogP contribution is 2.52. The van der Waals surface area contributed by atoms with Crippen molar-refractivity contribution in [3.05, 3.63) is 0 Å². The van der Waals surface area contributed by atoms with E-state index in [0.717, 1.165) is 17.3 Å². The third-order valence-electron chi connectivity index (χ3n) is 5.72. The van der Waals surface area contributed by atoms with Gasteiger partial charge >= 0.3 is 0 Å². The normalized spacial score (nSPS) is 31.6. The summed E-state index contributed by atoms with van der Waals surface area (Å²) in [6.07, 6.45) is 13.6. The number of rotatable bonds is 2. The molecule has 0 N–H and O–H groups in total. The largest absolute Gasteiger partial charge is 0.303 e. The lowest BCUT2D eigenvalue weighted by Crippen LogP contribution is -2.47. The number of nitrogens with zero attached hydrogens (tertiary/aromatic N) is 1. The number of hydrogen-bond donors (Lipinski definition) is 0. The molecule has 0 atom stereocenters. The van der Waals surface area contributed by atoms with Gasteiger partial charge in [0.15, 0.2) is 0 Å². The molecule has 1 saturated heterocycles. The average Bonchev–Trinajstić information content (AvgIpc) is 2.32. The lowest BCUT2D eigenvalue weighted by atomic mass is 9.58. The van der Waals surface area contributed by atoms with Crippen molar-refractivity contribution in [1.82, 2.24) is 4.90 Å². The molecule has 0 aromatic carbocycles. The topological polar surface area (TPSA) is 3.24 Å². The van der Waals surface area contributed by atoms with Crippen molar-refractivity contribution in [3.63, 3.8) is 0 Å². The van der Waals surface area contributed by atoms with Gasteiger partial charge in [0, 0.05) is 6.54 Å². The minimum atomic E-state index is 0.808. The Labute approximate surface area is 107 Å². The van der Waals surface area contributed by atoms with E-state index < -0.39 is 0 Å². The zero-order chi connectivity index (χ0) is 11.7. The second-order valence-electron chi connectivity index (χ2n) is 7.32. The molecule has 1 heterocycles. The first kappa shape index (κ1) is 12.0. The maximum Gasteiger partial charge on any atom is 0.000966 e. The van der Waals surface area contributed by atoms with Crippen LogP contribution in [0.3, 0.4) is 0 Å². The van der Waals surface area contributed by atoms with E-state index in [9.17, 15) is 0 Å². The maximum absolute atomic E-state index is 2.78. The zero-order valence-electron chi connectivity index (χ0n) is 11.6. The van der Waals surface area contributed by atoms with Crippen molar-refractivity contribution in [3.8, 4) is 0 Å². The molecule has 3 aliphatic rings. The molecule has 3 rings (SSSR count). The van der Waals surface area contributed by atoms with Crippen molar-refractivity contribution in [2.45, 2.75) is 64.7 Å². The Morgan fingerprint density at radius 2 is 1.65 bits per heavy atom. The van der Waals surface area contributed by atoms with Gasteiger partial charge < -0.3 is 4.90 Å². The zero-order valence-corrected chi connectivity index (χ0v) is 11.6. The molecular formula is C16H29N. The molecule has 0 unspecified atom stereocenters. The van der Waals surface area contributed by atoms with Crippen LogP contribution in [-0.4, -0.2) is 24.5 Å². The number of likely N-dealkylation sites (tertiary alicyclic amines) is 1. The van der Waals surface area contributed by atoms with Crippen LogP contribution in [0.15, 0.2) is 0 Å². The van der Waals surface area contributed by atoms with Gasteiger partial charge in [0.05, 0.1) is 0 Å². The fourth-order valence-electron chi connectivity index (χ4n) is 4.77. The van der Waals surface area contributed by atoms with Crippen LogP contribution >= 0.6 is 0 Å². The quantitative estimate of drug-likeness (QED) is 0.697. The van der Waals surface area contributed by atoms with Gasteiger partial charge in [-0.2, -0.15) is 0 Å². The molecule has 98 valence electrons. The minimum absolute atomic E-state index is 0.808. The molecule has 1 aliphatic heterocycles. The molecule has 17 heavy (non-hydrogen) atoms. The van der Waals surface area contributed by atoms with E-state index in [2.05, 4.69) is 11.8 Å². The predicted molar refractivity (Wildman–Crippen MR) is 73.1 cm³/mol. The summed E-state index contributed by atoms with van der Waals surface area (Å²) in [4.78, 5) is 2.78. The summed E-state index contributed by atoms with van der Waals surface area (Å²) in [5, 5.41) is 0. The van der Waals surface area contributed by atoms with Crippen LogP contribution in [0.5, 0.6) is 0 Å². The number of piperidine rings is 1. The summed E-state index contributed by atoms with van der Waals surface area (Å²) in [5.74, 6) is 2.07. The van der Waals surface area contributed by atoms with Crippen LogP contribution in [0, 0.1) is 17.3 Å². The lowest BCUT2D eigenvalue weighted by molar-refractivity contribution is -0.0107. The van der Waals surface area contributed by atoms with Gasteiger partial charge in [0.1, 0.15) is 0 Å². The standard InChI is InChI=1S/C16H29N/c1-14-11-16(12-14)7-9-17(10-8-16)13-15-5-3-2-4-6-15/h14-15H,2-13H2,1H3. The molecule has 1 nitrogen and oxygen atoms in total. The van der Waals surface area contributed by atoms with Gasteiger partial charge in [0.2, 0.25) is 0 Å². The van der Waals surface area contributed by atoms with Gasteiger partial charge in [-0.05, 0) is 68.9 Å². The molecule has 2 aliphatic carbocycles. The average molecular weight is 235 g/mol. The first-order chi connectivity index (χ1) is 8.26. The Kier molecular flexibility index (Phi) is 3.47. The summed E-state index contributed by atoms with van der Waals surface area (Å²) in [7, 11) is 0. The summed E-state index contributed by atoms with van der Waals surface area (Å²) in [6.45, 7) is 6.66. The highest BCUT2D eigenvalue weighted by molar-refractivity contribution is 4.95. The molecule has 2 saturated carbocycles. The molecule has 0 radical (unpaired) electrons. The van der Waals surface area contributed by atoms with E-state index in [0.29, 0.717) is 0 Å². The van der Waals surface area contributed by atoms with Crippen molar-refractivity contribution < 1.29 is 0 Å². The van der Waals surface area contributed by atoms with E-state index in [1.807, 2.05) is 0 Å². The summed E-state index contributed by atoms with van der Waals surface area (Å²) >= 11 is 0. The van der Waals surface area contributed by atoms with Crippen LogP contribution in [0.2, 0.25) is 0 Å². The highest BCUT2D eigenvalue weighted by atomic mass is 15.1. The van der Waals surface area contributed by atoms with Crippen molar-refractivity contribution in [1.29, 1.82) is 0 Å². The van der Waals surface area contributed by atoms with Crippen molar-refractivity contribution in [2.75, 3.05) is 19.6 Å². The van der Waals surface area contributed by atoms with Gasteiger partial charge in [-0.15, -0.1) is 0 Å². The Hall–Kier alpha value is -0.0400.